The van der Waals surface area contributed by atoms with Gasteiger partial charge in [0.05, 0.1) is 11.6 Å². The SMILES string of the molecule is Cc1noc(C)c1CCN1CCCC(c2nc(-c3cccnc3)no2)C1. The van der Waals surface area contributed by atoms with Gasteiger partial charge in [0.15, 0.2) is 0 Å². The van der Waals surface area contributed by atoms with Gasteiger partial charge in [0.25, 0.3) is 0 Å². The lowest BCUT2D eigenvalue weighted by Gasteiger charge is -2.30. The maximum absolute atomic E-state index is 5.55. The normalized spacial score (nSPS) is 18.3. The Morgan fingerprint density at radius 3 is 2.92 bits per heavy atom. The fraction of sp³-hybridized carbons (Fsp3) is 0.474. The molecule has 0 spiro atoms. The first-order chi connectivity index (χ1) is 12.7. The van der Waals surface area contributed by atoms with Crippen molar-refractivity contribution in [1.82, 2.24) is 25.2 Å². The summed E-state index contributed by atoms with van der Waals surface area (Å²) in [5.74, 6) is 2.55. The minimum absolute atomic E-state index is 0.284. The van der Waals surface area contributed by atoms with Gasteiger partial charge in [0.1, 0.15) is 5.76 Å². The van der Waals surface area contributed by atoms with Crippen molar-refractivity contribution in [2.45, 2.75) is 39.0 Å². The van der Waals surface area contributed by atoms with Gasteiger partial charge in [-0.05, 0) is 51.8 Å². The van der Waals surface area contributed by atoms with Gasteiger partial charge >= 0.3 is 0 Å². The molecule has 1 fully saturated rings. The van der Waals surface area contributed by atoms with Gasteiger partial charge in [-0.2, -0.15) is 4.98 Å². The van der Waals surface area contributed by atoms with Gasteiger partial charge in [-0.25, -0.2) is 0 Å². The molecule has 0 aromatic carbocycles. The first kappa shape index (κ1) is 16.9. The van der Waals surface area contributed by atoms with Crippen LogP contribution in [0.25, 0.3) is 11.4 Å². The number of nitrogens with zero attached hydrogens (tertiary/aromatic N) is 5. The molecule has 7 nitrogen and oxygen atoms in total. The predicted octanol–water partition coefficient (Wildman–Crippen LogP) is 3.16. The van der Waals surface area contributed by atoms with Crippen molar-refractivity contribution >= 4 is 0 Å². The molecule has 136 valence electrons. The largest absolute Gasteiger partial charge is 0.361 e. The quantitative estimate of drug-likeness (QED) is 0.697. The molecule has 0 radical (unpaired) electrons. The average Bonchev–Trinajstić information content (AvgIpc) is 3.29. The third-order valence-electron chi connectivity index (χ3n) is 5.08. The van der Waals surface area contributed by atoms with Crippen LogP contribution in [0.2, 0.25) is 0 Å². The molecule has 1 aliphatic heterocycles. The van der Waals surface area contributed by atoms with Gasteiger partial charge < -0.3 is 13.9 Å². The Hall–Kier alpha value is -2.54. The number of hydrogen-bond acceptors (Lipinski definition) is 7. The first-order valence-corrected chi connectivity index (χ1v) is 9.09. The van der Waals surface area contributed by atoms with Crippen molar-refractivity contribution in [1.29, 1.82) is 0 Å². The number of aryl methyl sites for hydroxylation is 2. The van der Waals surface area contributed by atoms with E-state index in [9.17, 15) is 0 Å². The number of likely N-dealkylation sites (tertiary alicyclic amines) is 1. The molecule has 7 heteroatoms. The van der Waals surface area contributed by atoms with Crippen LogP contribution in [0.3, 0.4) is 0 Å². The number of rotatable bonds is 5. The molecule has 4 heterocycles. The fourth-order valence-corrected chi connectivity index (χ4v) is 3.60. The predicted molar refractivity (Wildman–Crippen MR) is 95.6 cm³/mol. The lowest BCUT2D eigenvalue weighted by atomic mass is 9.97. The molecule has 0 bridgehead atoms. The van der Waals surface area contributed by atoms with Crippen LogP contribution in [0.5, 0.6) is 0 Å². The number of hydrogen-bond donors (Lipinski definition) is 0. The van der Waals surface area contributed by atoms with E-state index in [4.69, 9.17) is 9.05 Å². The summed E-state index contributed by atoms with van der Waals surface area (Å²) in [4.78, 5) is 11.2. The topological polar surface area (TPSA) is 81.1 Å². The second kappa shape index (κ2) is 7.37. The van der Waals surface area contributed by atoms with Gasteiger partial charge in [0.2, 0.25) is 11.7 Å². The molecule has 4 rings (SSSR count). The van der Waals surface area contributed by atoms with Crippen molar-refractivity contribution < 1.29 is 9.05 Å². The highest BCUT2D eigenvalue weighted by Gasteiger charge is 2.26. The Kier molecular flexibility index (Phi) is 4.79. The van der Waals surface area contributed by atoms with Crippen molar-refractivity contribution in [3.63, 3.8) is 0 Å². The monoisotopic (exact) mass is 353 g/mol. The van der Waals surface area contributed by atoms with Crippen LogP contribution in [0.15, 0.2) is 33.6 Å². The smallest absolute Gasteiger partial charge is 0.231 e. The Balaban J connectivity index is 1.40. The van der Waals surface area contributed by atoms with Crippen LogP contribution in [0, 0.1) is 13.8 Å². The first-order valence-electron chi connectivity index (χ1n) is 9.09. The average molecular weight is 353 g/mol. The lowest BCUT2D eigenvalue weighted by Crippen LogP contribution is -2.36. The molecule has 0 N–H and O–H groups in total. The van der Waals surface area contributed by atoms with Gasteiger partial charge in [-0.3, -0.25) is 4.98 Å². The lowest BCUT2D eigenvalue weighted by molar-refractivity contribution is 0.188. The summed E-state index contributed by atoms with van der Waals surface area (Å²) >= 11 is 0. The summed E-state index contributed by atoms with van der Waals surface area (Å²) in [5.41, 5.74) is 3.10. The minimum atomic E-state index is 0.284. The second-order valence-electron chi connectivity index (χ2n) is 6.89. The van der Waals surface area contributed by atoms with E-state index in [1.54, 1.807) is 12.4 Å². The zero-order chi connectivity index (χ0) is 17.9. The summed E-state index contributed by atoms with van der Waals surface area (Å²) in [5, 5.41) is 8.17. The number of piperidine rings is 1. The van der Waals surface area contributed by atoms with E-state index in [1.807, 2.05) is 26.0 Å². The van der Waals surface area contributed by atoms with Crippen LogP contribution >= 0.6 is 0 Å². The van der Waals surface area contributed by atoms with Gasteiger partial charge in [-0.1, -0.05) is 10.3 Å². The van der Waals surface area contributed by atoms with Crippen molar-refractivity contribution in [2.24, 2.45) is 0 Å². The Labute approximate surface area is 152 Å². The van der Waals surface area contributed by atoms with Gasteiger partial charge in [-0.15, -0.1) is 0 Å². The third-order valence-corrected chi connectivity index (χ3v) is 5.08. The molecular formula is C19H23N5O2. The molecule has 1 saturated heterocycles. The van der Waals surface area contributed by atoms with E-state index < -0.39 is 0 Å². The molecule has 0 amide bonds. The molecule has 3 aromatic rings. The molecule has 26 heavy (non-hydrogen) atoms. The summed E-state index contributed by atoms with van der Waals surface area (Å²) in [6, 6.07) is 3.82. The second-order valence-corrected chi connectivity index (χ2v) is 6.89. The Morgan fingerprint density at radius 2 is 2.15 bits per heavy atom. The molecule has 1 atom stereocenters. The fourth-order valence-electron chi connectivity index (χ4n) is 3.60. The van der Waals surface area contributed by atoms with Crippen LogP contribution in [0.4, 0.5) is 0 Å². The van der Waals surface area contributed by atoms with Crippen molar-refractivity contribution in [2.75, 3.05) is 19.6 Å². The molecule has 0 saturated carbocycles. The molecular weight excluding hydrogens is 330 g/mol. The maximum atomic E-state index is 5.55. The van der Waals surface area contributed by atoms with Crippen molar-refractivity contribution in [3.8, 4) is 11.4 Å². The van der Waals surface area contributed by atoms with Gasteiger partial charge in [0, 0.05) is 36.6 Å². The zero-order valence-corrected chi connectivity index (χ0v) is 15.2. The zero-order valence-electron chi connectivity index (χ0n) is 15.2. The summed E-state index contributed by atoms with van der Waals surface area (Å²) in [6.07, 6.45) is 6.67. The molecule has 3 aromatic heterocycles. The van der Waals surface area contributed by atoms with Crippen molar-refractivity contribution in [3.05, 3.63) is 47.4 Å². The highest BCUT2D eigenvalue weighted by Crippen LogP contribution is 2.27. The summed E-state index contributed by atoms with van der Waals surface area (Å²) < 4.78 is 10.8. The molecule has 0 aliphatic carbocycles. The third kappa shape index (κ3) is 3.53. The van der Waals surface area contributed by atoms with E-state index in [0.29, 0.717) is 5.82 Å². The highest BCUT2D eigenvalue weighted by molar-refractivity contribution is 5.51. The Morgan fingerprint density at radius 1 is 1.23 bits per heavy atom. The summed E-state index contributed by atoms with van der Waals surface area (Å²) in [7, 11) is 0. The van der Waals surface area contributed by atoms with E-state index in [1.165, 1.54) is 5.56 Å². The maximum Gasteiger partial charge on any atom is 0.231 e. The standard InChI is InChI=1S/C19H23N5O2/c1-13-17(14(2)25-22-13)7-10-24-9-4-6-16(12-24)19-21-18(23-26-19)15-5-3-8-20-11-15/h3,5,8,11,16H,4,6-7,9-10,12H2,1-2H3. The van der Waals surface area contributed by atoms with Crippen LogP contribution < -0.4 is 0 Å². The molecule has 1 unspecified atom stereocenters. The van der Waals surface area contributed by atoms with E-state index >= 15 is 0 Å². The van der Waals surface area contributed by atoms with E-state index in [2.05, 4.69) is 25.2 Å². The van der Waals surface area contributed by atoms with E-state index in [0.717, 1.165) is 61.8 Å². The Bertz CT molecular complexity index is 838. The number of aromatic nitrogens is 4. The highest BCUT2D eigenvalue weighted by atomic mass is 16.5. The van der Waals surface area contributed by atoms with Crippen LogP contribution in [0.1, 0.15) is 41.7 Å². The minimum Gasteiger partial charge on any atom is -0.361 e. The number of pyridine rings is 1. The summed E-state index contributed by atoms with van der Waals surface area (Å²) in [6.45, 7) is 7.01. The van der Waals surface area contributed by atoms with Crippen LogP contribution in [-0.4, -0.2) is 44.8 Å². The van der Waals surface area contributed by atoms with Crippen LogP contribution in [-0.2, 0) is 6.42 Å². The van der Waals surface area contributed by atoms with E-state index in [-0.39, 0.29) is 5.92 Å². The molecule has 1 aliphatic rings.